The Morgan fingerprint density at radius 1 is 0.667 bits per heavy atom. The van der Waals surface area contributed by atoms with E-state index in [0.29, 0.717) is 0 Å². The maximum absolute atomic E-state index is 11.0. The van der Waals surface area contributed by atoms with E-state index in [1.807, 2.05) is 0 Å². The van der Waals surface area contributed by atoms with Crippen LogP contribution >= 0.6 is 0 Å². The van der Waals surface area contributed by atoms with Crippen molar-refractivity contribution in [3.05, 3.63) is 0 Å². The molecule has 0 saturated heterocycles. The van der Waals surface area contributed by atoms with Gasteiger partial charge in [0.25, 0.3) is 0 Å². The first kappa shape index (κ1) is 16.9. The average Bonchev–Trinajstić information content (AvgIpc) is 2.25. The summed E-state index contributed by atoms with van der Waals surface area (Å²) in [4.78, 5) is 44.0. The number of aliphatic hydroxyl groups is 1. The Morgan fingerprint density at radius 3 is 1.19 bits per heavy atom. The molecule has 0 aromatic rings. The van der Waals surface area contributed by atoms with E-state index in [1.165, 1.54) is 0 Å². The molecule has 0 bridgehead atoms. The minimum absolute atomic E-state index is 0.119. The van der Waals surface area contributed by atoms with Crippen molar-refractivity contribution in [1.29, 1.82) is 0 Å². The number of carbonyl (C=O) groups is 4. The topological polar surface area (TPSA) is 169 Å². The van der Waals surface area contributed by atoms with Crippen LogP contribution < -0.4 is 0 Å². The minimum Gasteiger partial charge on any atom is -0.481 e. The van der Waals surface area contributed by atoms with Gasteiger partial charge in [0.05, 0.1) is 6.10 Å². The monoisotopic (exact) mass is 304 g/mol. The standard InChI is InChI=1S/C12H16O9/c13-6-2-4(7(9(14)15)10(16)17)1-5(3-6)8(11(18)19)12(20)21/h4-8,13H,1-3H2,(H,14,15)(H,16,17)(H,18,19)(H,20,21). The molecule has 9 nitrogen and oxygen atoms in total. The van der Waals surface area contributed by atoms with Crippen molar-refractivity contribution in [2.45, 2.75) is 25.4 Å². The van der Waals surface area contributed by atoms with Crippen molar-refractivity contribution in [2.75, 3.05) is 0 Å². The highest BCUT2D eigenvalue weighted by Crippen LogP contribution is 2.38. The van der Waals surface area contributed by atoms with E-state index in [9.17, 15) is 24.3 Å². The summed E-state index contributed by atoms with van der Waals surface area (Å²) in [6, 6.07) is 0. The third-order valence-electron chi connectivity index (χ3n) is 3.76. The van der Waals surface area contributed by atoms with Gasteiger partial charge in [-0.25, -0.2) is 0 Å². The summed E-state index contributed by atoms with van der Waals surface area (Å²) >= 11 is 0. The molecule has 0 spiro atoms. The summed E-state index contributed by atoms with van der Waals surface area (Å²) in [6.07, 6.45) is -1.56. The molecule has 5 N–H and O–H groups in total. The van der Waals surface area contributed by atoms with Crippen molar-refractivity contribution in [3.8, 4) is 0 Å². The Hall–Kier alpha value is -2.16. The van der Waals surface area contributed by atoms with Gasteiger partial charge in [-0.2, -0.15) is 0 Å². The molecule has 2 atom stereocenters. The van der Waals surface area contributed by atoms with Crippen molar-refractivity contribution in [2.24, 2.45) is 23.7 Å². The van der Waals surface area contributed by atoms with Gasteiger partial charge < -0.3 is 25.5 Å². The summed E-state index contributed by atoms with van der Waals surface area (Å²) < 4.78 is 0. The van der Waals surface area contributed by atoms with E-state index in [1.54, 1.807) is 0 Å². The van der Waals surface area contributed by atoms with Gasteiger partial charge in [0.15, 0.2) is 11.8 Å². The highest BCUT2D eigenvalue weighted by Gasteiger charge is 2.45. The molecule has 9 heteroatoms. The predicted octanol–water partition coefficient (Wildman–Crippen LogP) is -0.666. The number of carboxylic acid groups (broad SMARTS) is 4. The summed E-state index contributed by atoms with van der Waals surface area (Å²) in [5.41, 5.74) is 0. The maximum atomic E-state index is 11.0. The van der Waals surface area contributed by atoms with E-state index in [4.69, 9.17) is 20.4 Å². The van der Waals surface area contributed by atoms with Crippen LogP contribution in [0.2, 0.25) is 0 Å². The Kier molecular flexibility index (Phi) is 5.25. The van der Waals surface area contributed by atoms with E-state index < -0.39 is 53.7 Å². The van der Waals surface area contributed by atoms with Crippen LogP contribution in [0.15, 0.2) is 0 Å². The van der Waals surface area contributed by atoms with Gasteiger partial charge in [-0.1, -0.05) is 0 Å². The van der Waals surface area contributed by atoms with Crippen LogP contribution in [0.1, 0.15) is 19.3 Å². The lowest BCUT2D eigenvalue weighted by molar-refractivity contribution is -0.161. The quantitative estimate of drug-likeness (QED) is 0.399. The molecule has 1 aliphatic rings. The maximum Gasteiger partial charge on any atom is 0.318 e. The first-order valence-corrected chi connectivity index (χ1v) is 6.24. The Labute approximate surface area is 118 Å². The second-order valence-electron chi connectivity index (χ2n) is 5.19. The highest BCUT2D eigenvalue weighted by atomic mass is 16.4. The molecular weight excluding hydrogens is 288 g/mol. The number of hydrogen-bond acceptors (Lipinski definition) is 5. The average molecular weight is 304 g/mol. The lowest BCUT2D eigenvalue weighted by Crippen LogP contribution is -2.42. The van der Waals surface area contributed by atoms with Gasteiger partial charge in [0, 0.05) is 0 Å². The molecule has 0 aromatic carbocycles. The van der Waals surface area contributed by atoms with Crippen molar-refractivity contribution >= 4 is 23.9 Å². The second kappa shape index (κ2) is 6.53. The number of aliphatic hydroxyl groups excluding tert-OH is 1. The van der Waals surface area contributed by atoms with Crippen LogP contribution in [0.25, 0.3) is 0 Å². The molecule has 118 valence electrons. The fourth-order valence-corrected chi connectivity index (χ4v) is 2.94. The van der Waals surface area contributed by atoms with Gasteiger partial charge in [0.2, 0.25) is 0 Å². The number of carboxylic acids is 4. The van der Waals surface area contributed by atoms with Gasteiger partial charge in [-0.15, -0.1) is 0 Å². The molecule has 1 rings (SSSR count). The van der Waals surface area contributed by atoms with E-state index in [2.05, 4.69) is 0 Å². The van der Waals surface area contributed by atoms with Crippen LogP contribution in [-0.2, 0) is 19.2 Å². The summed E-state index contributed by atoms with van der Waals surface area (Å²) in [6.45, 7) is 0. The Morgan fingerprint density at radius 2 is 0.952 bits per heavy atom. The smallest absolute Gasteiger partial charge is 0.318 e. The zero-order chi connectivity index (χ0) is 16.3. The van der Waals surface area contributed by atoms with Gasteiger partial charge in [0.1, 0.15) is 0 Å². The zero-order valence-electron chi connectivity index (χ0n) is 10.9. The molecule has 1 saturated carbocycles. The zero-order valence-corrected chi connectivity index (χ0v) is 10.9. The summed E-state index contributed by atoms with van der Waals surface area (Å²) in [5.74, 6) is -12.0. The molecular formula is C12H16O9. The number of aliphatic carboxylic acids is 4. The van der Waals surface area contributed by atoms with E-state index >= 15 is 0 Å². The van der Waals surface area contributed by atoms with Crippen LogP contribution in [0.4, 0.5) is 0 Å². The third-order valence-corrected chi connectivity index (χ3v) is 3.76. The largest absolute Gasteiger partial charge is 0.481 e. The molecule has 21 heavy (non-hydrogen) atoms. The lowest BCUT2D eigenvalue weighted by atomic mass is 9.69. The summed E-state index contributed by atoms with van der Waals surface area (Å²) in [7, 11) is 0. The molecule has 2 unspecified atom stereocenters. The Bertz CT molecular complexity index is 390. The number of rotatable bonds is 6. The second-order valence-corrected chi connectivity index (χ2v) is 5.19. The predicted molar refractivity (Wildman–Crippen MR) is 64.4 cm³/mol. The molecule has 0 aliphatic heterocycles. The van der Waals surface area contributed by atoms with Crippen molar-refractivity contribution in [1.82, 2.24) is 0 Å². The van der Waals surface area contributed by atoms with Crippen LogP contribution in [0, 0.1) is 23.7 Å². The van der Waals surface area contributed by atoms with E-state index in [0.717, 1.165) is 0 Å². The van der Waals surface area contributed by atoms with Crippen molar-refractivity contribution in [3.63, 3.8) is 0 Å². The third kappa shape index (κ3) is 3.91. The van der Waals surface area contributed by atoms with E-state index in [-0.39, 0.29) is 19.3 Å². The number of hydrogen-bond donors (Lipinski definition) is 5. The molecule has 1 fully saturated rings. The molecule has 0 heterocycles. The van der Waals surface area contributed by atoms with Crippen LogP contribution in [0.5, 0.6) is 0 Å². The van der Waals surface area contributed by atoms with Gasteiger partial charge in [-0.05, 0) is 31.1 Å². The van der Waals surface area contributed by atoms with Gasteiger partial charge >= 0.3 is 23.9 Å². The lowest BCUT2D eigenvalue weighted by Gasteiger charge is -2.35. The first-order chi connectivity index (χ1) is 9.65. The summed E-state index contributed by atoms with van der Waals surface area (Å²) in [5, 5.41) is 45.4. The molecule has 0 aromatic heterocycles. The first-order valence-electron chi connectivity index (χ1n) is 6.24. The van der Waals surface area contributed by atoms with Crippen LogP contribution in [-0.4, -0.2) is 55.5 Å². The molecule has 0 amide bonds. The Balaban J connectivity index is 3.01. The van der Waals surface area contributed by atoms with Crippen molar-refractivity contribution < 1.29 is 44.7 Å². The van der Waals surface area contributed by atoms with Crippen LogP contribution in [0.3, 0.4) is 0 Å². The normalized spacial score (nSPS) is 25.8. The fraction of sp³-hybridized carbons (Fsp3) is 0.667. The van der Waals surface area contributed by atoms with Gasteiger partial charge in [-0.3, -0.25) is 19.2 Å². The molecule has 1 aliphatic carbocycles. The SMILES string of the molecule is O=C(O)C(C(=O)O)C1CC(O)CC(C(C(=O)O)C(=O)O)C1. The molecule has 0 radical (unpaired) electrons. The highest BCUT2D eigenvalue weighted by molar-refractivity contribution is 5.94. The minimum atomic E-state index is -1.80. The fourth-order valence-electron chi connectivity index (χ4n) is 2.94.